The molecule has 0 saturated carbocycles. The summed E-state index contributed by atoms with van der Waals surface area (Å²) >= 11 is 0. The molecule has 1 aromatic heterocycles. The smallest absolute Gasteiger partial charge is 0.310 e. The second-order valence-corrected chi connectivity index (χ2v) is 4.14. The predicted octanol–water partition coefficient (Wildman–Crippen LogP) is -0.267. The third kappa shape index (κ3) is 3.76. The molecule has 7 nitrogen and oxygen atoms in total. The van der Waals surface area contributed by atoms with Crippen molar-refractivity contribution in [2.45, 2.75) is 13.5 Å². The van der Waals surface area contributed by atoms with Crippen LogP contribution in [0.25, 0.3) is 0 Å². The molecule has 0 aromatic carbocycles. The molecule has 7 heteroatoms. The summed E-state index contributed by atoms with van der Waals surface area (Å²) in [6.45, 7) is 2.12. The lowest BCUT2D eigenvalue weighted by atomic mass is 10.2. The van der Waals surface area contributed by atoms with Crippen LogP contribution in [0.3, 0.4) is 0 Å². The maximum Gasteiger partial charge on any atom is 0.310 e. The van der Waals surface area contributed by atoms with E-state index in [-0.39, 0.29) is 24.3 Å². The van der Waals surface area contributed by atoms with Gasteiger partial charge in [-0.1, -0.05) is 6.92 Å². The Hall–Kier alpha value is -2.05. The van der Waals surface area contributed by atoms with Gasteiger partial charge in [0.05, 0.1) is 13.0 Å². The van der Waals surface area contributed by atoms with Crippen molar-refractivity contribution in [3.63, 3.8) is 0 Å². The van der Waals surface area contributed by atoms with Crippen molar-refractivity contribution in [3.05, 3.63) is 12.3 Å². The highest BCUT2D eigenvalue weighted by Crippen LogP contribution is 2.02. The molecule has 100 valence electrons. The topological polar surface area (TPSA) is 90.5 Å². The SMILES string of the molecule is COC(=O)C(C)CN(C)C(=O)Cn1ccc(N)n1. The summed E-state index contributed by atoms with van der Waals surface area (Å²) < 4.78 is 6.06. The third-order valence-corrected chi connectivity index (χ3v) is 2.54. The first kappa shape index (κ1) is 14.0. The number of anilines is 1. The number of aromatic nitrogens is 2. The summed E-state index contributed by atoms with van der Waals surface area (Å²) in [4.78, 5) is 24.5. The van der Waals surface area contributed by atoms with Crippen LogP contribution in [0.2, 0.25) is 0 Å². The van der Waals surface area contributed by atoms with Crippen molar-refractivity contribution in [1.29, 1.82) is 0 Å². The lowest BCUT2D eigenvalue weighted by Crippen LogP contribution is -2.36. The van der Waals surface area contributed by atoms with Gasteiger partial charge in [0.25, 0.3) is 0 Å². The second-order valence-electron chi connectivity index (χ2n) is 4.14. The van der Waals surface area contributed by atoms with Crippen molar-refractivity contribution in [2.75, 3.05) is 26.4 Å². The molecular weight excluding hydrogens is 236 g/mol. The van der Waals surface area contributed by atoms with Gasteiger partial charge in [-0.05, 0) is 6.07 Å². The summed E-state index contributed by atoms with van der Waals surface area (Å²) in [5.41, 5.74) is 5.45. The van der Waals surface area contributed by atoms with Gasteiger partial charge in [-0.15, -0.1) is 0 Å². The highest BCUT2D eigenvalue weighted by Gasteiger charge is 2.18. The lowest BCUT2D eigenvalue weighted by molar-refractivity contribution is -0.146. The van der Waals surface area contributed by atoms with E-state index in [1.54, 1.807) is 26.2 Å². The highest BCUT2D eigenvalue weighted by molar-refractivity contribution is 5.77. The monoisotopic (exact) mass is 254 g/mol. The number of esters is 1. The fourth-order valence-corrected chi connectivity index (χ4v) is 1.51. The van der Waals surface area contributed by atoms with Crippen molar-refractivity contribution in [2.24, 2.45) is 5.92 Å². The first-order valence-corrected chi connectivity index (χ1v) is 5.54. The Balaban J connectivity index is 2.49. The number of amides is 1. The number of ether oxygens (including phenoxy) is 1. The normalized spacial score (nSPS) is 11.9. The number of nitrogen functional groups attached to an aromatic ring is 1. The number of carbonyl (C=O) groups is 2. The first-order chi connectivity index (χ1) is 8.43. The van der Waals surface area contributed by atoms with Crippen LogP contribution in [0.15, 0.2) is 12.3 Å². The van der Waals surface area contributed by atoms with E-state index in [1.807, 2.05) is 0 Å². The van der Waals surface area contributed by atoms with Gasteiger partial charge in [0.15, 0.2) is 0 Å². The minimum Gasteiger partial charge on any atom is -0.469 e. The van der Waals surface area contributed by atoms with Crippen molar-refractivity contribution in [3.8, 4) is 0 Å². The largest absolute Gasteiger partial charge is 0.469 e. The van der Waals surface area contributed by atoms with Crippen LogP contribution in [-0.2, 0) is 20.9 Å². The molecule has 0 aliphatic rings. The highest BCUT2D eigenvalue weighted by atomic mass is 16.5. The molecule has 1 aromatic rings. The zero-order chi connectivity index (χ0) is 13.7. The van der Waals surface area contributed by atoms with Crippen molar-refractivity contribution < 1.29 is 14.3 Å². The van der Waals surface area contributed by atoms with Crippen molar-refractivity contribution >= 4 is 17.7 Å². The van der Waals surface area contributed by atoms with Gasteiger partial charge in [-0.3, -0.25) is 14.3 Å². The molecule has 18 heavy (non-hydrogen) atoms. The molecule has 1 amide bonds. The predicted molar refractivity (Wildman–Crippen MR) is 65.5 cm³/mol. The van der Waals surface area contributed by atoms with Crippen LogP contribution in [0.4, 0.5) is 5.82 Å². The molecule has 1 rings (SSSR count). The van der Waals surface area contributed by atoms with Gasteiger partial charge in [0.2, 0.25) is 5.91 Å². The third-order valence-electron chi connectivity index (χ3n) is 2.54. The fourth-order valence-electron chi connectivity index (χ4n) is 1.51. The van der Waals surface area contributed by atoms with Gasteiger partial charge in [-0.2, -0.15) is 5.10 Å². The van der Waals surface area contributed by atoms with Gasteiger partial charge in [0, 0.05) is 19.8 Å². The number of rotatable bonds is 5. The van der Waals surface area contributed by atoms with Crippen LogP contribution >= 0.6 is 0 Å². The van der Waals surface area contributed by atoms with E-state index >= 15 is 0 Å². The summed E-state index contributed by atoms with van der Waals surface area (Å²) in [5.74, 6) is -0.466. The van der Waals surface area contributed by atoms with Crippen LogP contribution in [-0.4, -0.2) is 47.3 Å². The molecule has 1 unspecified atom stereocenters. The number of nitrogens with zero attached hydrogens (tertiary/aromatic N) is 3. The molecule has 1 atom stereocenters. The Kier molecular flexibility index (Phi) is 4.70. The first-order valence-electron chi connectivity index (χ1n) is 5.54. The zero-order valence-electron chi connectivity index (χ0n) is 10.8. The second kappa shape index (κ2) is 6.04. The Morgan fingerprint density at radius 3 is 2.78 bits per heavy atom. The van der Waals surface area contributed by atoms with Crippen LogP contribution in [0.1, 0.15) is 6.92 Å². The van der Waals surface area contributed by atoms with E-state index in [0.717, 1.165) is 0 Å². The molecule has 0 radical (unpaired) electrons. The number of methoxy groups -OCH3 is 1. The summed E-state index contributed by atoms with van der Waals surface area (Å²) in [5, 5.41) is 3.92. The van der Waals surface area contributed by atoms with E-state index in [9.17, 15) is 9.59 Å². The number of carbonyl (C=O) groups excluding carboxylic acids is 2. The summed E-state index contributed by atoms with van der Waals surface area (Å²) in [6.07, 6.45) is 1.63. The van der Waals surface area contributed by atoms with Crippen LogP contribution < -0.4 is 5.73 Å². The van der Waals surface area contributed by atoms with E-state index < -0.39 is 0 Å². The van der Waals surface area contributed by atoms with E-state index in [2.05, 4.69) is 9.84 Å². The standard InChI is InChI=1S/C11H18N4O3/c1-8(11(17)18-3)6-14(2)10(16)7-15-5-4-9(12)13-15/h4-5,8H,6-7H2,1-3H3,(H2,12,13). The molecule has 0 spiro atoms. The van der Waals surface area contributed by atoms with Gasteiger partial charge in [0.1, 0.15) is 12.4 Å². The molecule has 2 N–H and O–H groups in total. The Morgan fingerprint density at radius 1 is 1.61 bits per heavy atom. The lowest BCUT2D eigenvalue weighted by Gasteiger charge is -2.20. The van der Waals surface area contributed by atoms with Crippen LogP contribution in [0.5, 0.6) is 0 Å². The minimum atomic E-state index is -0.355. The zero-order valence-corrected chi connectivity index (χ0v) is 10.8. The Morgan fingerprint density at radius 2 is 2.28 bits per heavy atom. The summed E-state index contributed by atoms with van der Waals surface area (Å²) in [7, 11) is 2.96. The number of likely N-dealkylation sites (N-methyl/N-ethyl adjacent to an activating group) is 1. The maximum atomic E-state index is 11.8. The molecule has 1 heterocycles. The quantitative estimate of drug-likeness (QED) is 0.731. The minimum absolute atomic E-state index is 0.0988. The average Bonchev–Trinajstić information content (AvgIpc) is 2.73. The van der Waals surface area contributed by atoms with Crippen LogP contribution in [0, 0.1) is 5.92 Å². The van der Waals surface area contributed by atoms with E-state index in [0.29, 0.717) is 12.4 Å². The number of nitrogens with two attached hydrogens (primary N) is 1. The van der Waals surface area contributed by atoms with Crippen molar-refractivity contribution in [1.82, 2.24) is 14.7 Å². The summed E-state index contributed by atoms with van der Waals surface area (Å²) in [6, 6.07) is 1.62. The molecule has 0 saturated heterocycles. The molecule has 0 fully saturated rings. The number of hydrogen-bond donors (Lipinski definition) is 1. The average molecular weight is 254 g/mol. The number of hydrogen-bond acceptors (Lipinski definition) is 5. The van der Waals surface area contributed by atoms with E-state index in [4.69, 9.17) is 5.73 Å². The molecule has 0 aliphatic carbocycles. The fraction of sp³-hybridized carbons (Fsp3) is 0.545. The van der Waals surface area contributed by atoms with Gasteiger partial charge >= 0.3 is 5.97 Å². The maximum absolute atomic E-state index is 11.8. The van der Waals surface area contributed by atoms with Gasteiger partial charge < -0.3 is 15.4 Å². The van der Waals surface area contributed by atoms with Gasteiger partial charge in [-0.25, -0.2) is 0 Å². The Labute approximate surface area is 105 Å². The molecular formula is C11H18N4O3. The van der Waals surface area contributed by atoms with E-state index in [1.165, 1.54) is 16.7 Å². The Bertz CT molecular complexity index is 430. The molecule has 0 aliphatic heterocycles. The molecule has 0 bridgehead atoms.